The lowest BCUT2D eigenvalue weighted by Crippen LogP contribution is -2.27. The quantitative estimate of drug-likeness (QED) is 0.666. The third-order valence-electron chi connectivity index (χ3n) is 5.09. The Morgan fingerprint density at radius 1 is 1.29 bits per heavy atom. The molecule has 0 heterocycles. The maximum atomic E-state index is 2.52. The molecule has 94 valence electrons. The first kappa shape index (κ1) is 13.0. The second kappa shape index (κ2) is 4.65. The van der Waals surface area contributed by atoms with Gasteiger partial charge in [-0.05, 0) is 60.1 Å². The standard InChI is InChI=1S/C16H22.ClH/c1-3-12-6-4-7-14-13(12)9-11-16(2)10-5-8-15(14)16;/h4,6-7,15H,3,5,8-11H2,1-2H3;1H/t15-,16+;/m0./s1. The summed E-state index contributed by atoms with van der Waals surface area (Å²) in [6, 6.07) is 7.01. The van der Waals surface area contributed by atoms with Crippen LogP contribution in [0.25, 0.3) is 0 Å². The minimum Gasteiger partial charge on any atom is -0.147 e. The van der Waals surface area contributed by atoms with Gasteiger partial charge in [-0.2, -0.15) is 0 Å². The molecule has 1 fully saturated rings. The summed E-state index contributed by atoms with van der Waals surface area (Å²) < 4.78 is 0. The van der Waals surface area contributed by atoms with Crippen LogP contribution >= 0.6 is 12.4 Å². The van der Waals surface area contributed by atoms with Gasteiger partial charge in [-0.15, -0.1) is 12.4 Å². The Hall–Kier alpha value is -0.490. The van der Waals surface area contributed by atoms with Crippen LogP contribution in [0.1, 0.15) is 62.1 Å². The molecule has 0 nitrogen and oxygen atoms in total. The van der Waals surface area contributed by atoms with Gasteiger partial charge in [0, 0.05) is 0 Å². The van der Waals surface area contributed by atoms with Crippen molar-refractivity contribution in [1.82, 2.24) is 0 Å². The highest BCUT2D eigenvalue weighted by molar-refractivity contribution is 5.85. The maximum Gasteiger partial charge on any atom is -0.0105 e. The summed E-state index contributed by atoms with van der Waals surface area (Å²) >= 11 is 0. The maximum absolute atomic E-state index is 2.52. The fraction of sp³-hybridized carbons (Fsp3) is 0.625. The van der Waals surface area contributed by atoms with Crippen molar-refractivity contribution < 1.29 is 0 Å². The first-order chi connectivity index (χ1) is 7.74. The van der Waals surface area contributed by atoms with Gasteiger partial charge in [-0.25, -0.2) is 0 Å². The average molecular weight is 251 g/mol. The molecule has 0 bridgehead atoms. The van der Waals surface area contributed by atoms with Crippen LogP contribution in [0.3, 0.4) is 0 Å². The SMILES string of the molecule is CCc1cccc2c1CC[C@@]1(C)CCC[C@@H]21.Cl. The summed E-state index contributed by atoms with van der Waals surface area (Å²) in [5.74, 6) is 0.864. The van der Waals surface area contributed by atoms with Gasteiger partial charge < -0.3 is 0 Å². The number of rotatable bonds is 1. The molecule has 0 aliphatic heterocycles. The number of hydrogen-bond donors (Lipinski definition) is 0. The summed E-state index contributed by atoms with van der Waals surface area (Å²) in [6.07, 6.45) is 8.27. The summed E-state index contributed by atoms with van der Waals surface area (Å²) in [6.45, 7) is 4.81. The number of benzene rings is 1. The lowest BCUT2D eigenvalue weighted by molar-refractivity contribution is 0.252. The van der Waals surface area contributed by atoms with Crippen LogP contribution in [0.4, 0.5) is 0 Å². The molecule has 0 aromatic heterocycles. The van der Waals surface area contributed by atoms with E-state index in [1.54, 1.807) is 16.7 Å². The van der Waals surface area contributed by atoms with Crippen LogP contribution in [0.15, 0.2) is 18.2 Å². The Morgan fingerprint density at radius 3 is 2.88 bits per heavy atom. The summed E-state index contributed by atoms with van der Waals surface area (Å²) in [4.78, 5) is 0. The number of aryl methyl sites for hydroxylation is 1. The molecule has 2 aliphatic carbocycles. The van der Waals surface area contributed by atoms with Crippen LogP contribution in [0, 0.1) is 5.41 Å². The van der Waals surface area contributed by atoms with Gasteiger partial charge in [0.15, 0.2) is 0 Å². The molecule has 0 amide bonds. The molecule has 0 saturated heterocycles. The third kappa shape index (κ3) is 1.91. The van der Waals surface area contributed by atoms with Gasteiger partial charge in [0.2, 0.25) is 0 Å². The Kier molecular flexibility index (Phi) is 3.54. The minimum absolute atomic E-state index is 0. The molecule has 0 spiro atoms. The van der Waals surface area contributed by atoms with E-state index in [4.69, 9.17) is 0 Å². The Labute approximate surface area is 111 Å². The van der Waals surface area contributed by atoms with E-state index < -0.39 is 0 Å². The molecule has 1 aromatic carbocycles. The zero-order valence-electron chi connectivity index (χ0n) is 11.0. The van der Waals surface area contributed by atoms with Crippen LogP contribution in [0.5, 0.6) is 0 Å². The zero-order chi connectivity index (χ0) is 11.2. The third-order valence-corrected chi connectivity index (χ3v) is 5.09. The van der Waals surface area contributed by atoms with Gasteiger partial charge in [-0.1, -0.05) is 38.5 Å². The van der Waals surface area contributed by atoms with Crippen molar-refractivity contribution in [2.24, 2.45) is 5.41 Å². The predicted octanol–water partition coefficient (Wildman–Crippen LogP) is 4.89. The zero-order valence-corrected chi connectivity index (χ0v) is 11.8. The van der Waals surface area contributed by atoms with Crippen LogP contribution in [-0.4, -0.2) is 0 Å². The first-order valence-corrected chi connectivity index (χ1v) is 6.85. The topological polar surface area (TPSA) is 0 Å². The highest BCUT2D eigenvalue weighted by Gasteiger charge is 2.42. The van der Waals surface area contributed by atoms with Crippen LogP contribution in [0.2, 0.25) is 0 Å². The van der Waals surface area contributed by atoms with Gasteiger partial charge in [-0.3, -0.25) is 0 Å². The molecule has 17 heavy (non-hydrogen) atoms. The van der Waals surface area contributed by atoms with Crippen molar-refractivity contribution in [3.05, 3.63) is 34.9 Å². The van der Waals surface area contributed by atoms with E-state index in [1.165, 1.54) is 38.5 Å². The Bertz CT molecular complexity index is 410. The van der Waals surface area contributed by atoms with E-state index in [1.807, 2.05) is 0 Å². The monoisotopic (exact) mass is 250 g/mol. The Balaban J connectivity index is 0.00000108. The number of fused-ring (bicyclic) bond motifs is 3. The largest absolute Gasteiger partial charge is 0.147 e. The summed E-state index contributed by atoms with van der Waals surface area (Å²) in [5.41, 5.74) is 5.63. The van der Waals surface area contributed by atoms with E-state index in [0.29, 0.717) is 5.41 Å². The molecule has 2 aliphatic rings. The highest BCUT2D eigenvalue weighted by Crippen LogP contribution is 2.55. The molecule has 0 N–H and O–H groups in total. The molecule has 0 radical (unpaired) electrons. The molecule has 2 atom stereocenters. The van der Waals surface area contributed by atoms with Gasteiger partial charge in [0.1, 0.15) is 0 Å². The molecular weight excluding hydrogens is 228 g/mol. The normalized spacial score (nSPS) is 30.4. The van der Waals surface area contributed by atoms with Crippen molar-refractivity contribution in [3.8, 4) is 0 Å². The van der Waals surface area contributed by atoms with Gasteiger partial charge >= 0.3 is 0 Å². The lowest BCUT2D eigenvalue weighted by Gasteiger charge is -2.38. The molecule has 3 rings (SSSR count). The second-order valence-corrected chi connectivity index (χ2v) is 5.94. The van der Waals surface area contributed by atoms with E-state index in [-0.39, 0.29) is 12.4 Å². The van der Waals surface area contributed by atoms with Crippen molar-refractivity contribution >= 4 is 12.4 Å². The average Bonchev–Trinajstić information content (AvgIpc) is 2.70. The summed E-state index contributed by atoms with van der Waals surface area (Å²) in [5, 5.41) is 0. The van der Waals surface area contributed by atoms with Crippen molar-refractivity contribution in [2.75, 3.05) is 0 Å². The molecule has 1 aromatic rings. The highest BCUT2D eigenvalue weighted by atomic mass is 35.5. The molecular formula is C16H23Cl. The first-order valence-electron chi connectivity index (χ1n) is 6.85. The summed E-state index contributed by atoms with van der Waals surface area (Å²) in [7, 11) is 0. The second-order valence-electron chi connectivity index (χ2n) is 5.94. The smallest absolute Gasteiger partial charge is 0.0105 e. The van der Waals surface area contributed by atoms with Crippen molar-refractivity contribution in [1.29, 1.82) is 0 Å². The van der Waals surface area contributed by atoms with Crippen LogP contribution in [-0.2, 0) is 12.8 Å². The van der Waals surface area contributed by atoms with Crippen molar-refractivity contribution in [3.63, 3.8) is 0 Å². The van der Waals surface area contributed by atoms with E-state index >= 15 is 0 Å². The Morgan fingerprint density at radius 2 is 2.12 bits per heavy atom. The minimum atomic E-state index is 0. The van der Waals surface area contributed by atoms with E-state index in [9.17, 15) is 0 Å². The fourth-order valence-corrected chi connectivity index (χ4v) is 4.09. The van der Waals surface area contributed by atoms with E-state index in [0.717, 1.165) is 5.92 Å². The van der Waals surface area contributed by atoms with Gasteiger partial charge in [0.25, 0.3) is 0 Å². The fourth-order valence-electron chi connectivity index (χ4n) is 4.09. The number of halogens is 1. The number of hydrogen-bond acceptors (Lipinski definition) is 0. The molecule has 1 saturated carbocycles. The van der Waals surface area contributed by atoms with Crippen LogP contribution < -0.4 is 0 Å². The molecule has 1 heteroatoms. The predicted molar refractivity (Wildman–Crippen MR) is 76.1 cm³/mol. The van der Waals surface area contributed by atoms with E-state index in [2.05, 4.69) is 32.0 Å². The molecule has 0 unspecified atom stereocenters. The lowest BCUT2D eigenvalue weighted by atomic mass is 9.66. The van der Waals surface area contributed by atoms with Crippen molar-refractivity contribution in [2.45, 2.75) is 58.3 Å². The van der Waals surface area contributed by atoms with Gasteiger partial charge in [0.05, 0.1) is 0 Å².